The van der Waals surface area contributed by atoms with Crippen molar-refractivity contribution in [1.29, 1.82) is 0 Å². The van der Waals surface area contributed by atoms with E-state index in [-0.39, 0.29) is 18.1 Å². The second kappa shape index (κ2) is 12.2. The second-order valence-corrected chi connectivity index (χ2v) is 12.1. The van der Waals surface area contributed by atoms with Crippen molar-refractivity contribution in [3.8, 4) is 22.8 Å². The standard InChI is InChI=1S/C40H31N5O4/c1-24-10-9-13-27(20-24)49-28-18-19-32-26(21-28)22-34(41-32)39(47)44-43-35(46)23-45-38(29-14-5-6-15-30(29)40(45)48)36-31-16-7-8-17-33(31)42-37(36)25-11-3-2-4-12-25/h2-22,38,41-42H,23H2,1H3,(H,43,46)(H,44,47). The minimum Gasteiger partial charge on any atom is -0.457 e. The third-order valence-corrected chi connectivity index (χ3v) is 8.83. The monoisotopic (exact) mass is 645 g/mol. The molecular weight excluding hydrogens is 614 g/mol. The summed E-state index contributed by atoms with van der Waals surface area (Å²) in [5, 5.41) is 1.73. The van der Waals surface area contributed by atoms with Crippen molar-refractivity contribution in [2.75, 3.05) is 6.54 Å². The number of rotatable bonds is 7. The molecular formula is C40H31N5O4. The molecule has 8 rings (SSSR count). The highest BCUT2D eigenvalue weighted by atomic mass is 16.5. The van der Waals surface area contributed by atoms with E-state index >= 15 is 0 Å². The Balaban J connectivity index is 1.03. The van der Waals surface area contributed by atoms with Crippen molar-refractivity contribution >= 4 is 39.5 Å². The number of hydrazine groups is 1. The van der Waals surface area contributed by atoms with Crippen molar-refractivity contribution in [3.63, 3.8) is 0 Å². The third-order valence-electron chi connectivity index (χ3n) is 8.83. The van der Waals surface area contributed by atoms with Gasteiger partial charge in [0.1, 0.15) is 23.7 Å². The van der Waals surface area contributed by atoms with E-state index in [1.54, 1.807) is 17.0 Å². The van der Waals surface area contributed by atoms with Crippen LogP contribution in [0.5, 0.6) is 11.5 Å². The van der Waals surface area contributed by atoms with Gasteiger partial charge in [-0.3, -0.25) is 25.2 Å². The Labute approximate surface area is 281 Å². The minimum atomic E-state index is -0.540. The summed E-state index contributed by atoms with van der Waals surface area (Å²) >= 11 is 0. The van der Waals surface area contributed by atoms with E-state index in [1.807, 2.05) is 122 Å². The van der Waals surface area contributed by atoms with Gasteiger partial charge >= 0.3 is 0 Å². The number of nitrogens with one attached hydrogen (secondary N) is 4. The van der Waals surface area contributed by atoms with E-state index in [0.717, 1.165) is 55.5 Å². The highest BCUT2D eigenvalue weighted by molar-refractivity contribution is 6.04. The van der Waals surface area contributed by atoms with Crippen LogP contribution in [0.15, 0.2) is 127 Å². The lowest BCUT2D eigenvalue weighted by molar-refractivity contribution is -0.122. The van der Waals surface area contributed by atoms with E-state index in [4.69, 9.17) is 4.74 Å². The first-order valence-electron chi connectivity index (χ1n) is 16.0. The Morgan fingerprint density at radius 3 is 2.39 bits per heavy atom. The van der Waals surface area contributed by atoms with Crippen LogP contribution in [0, 0.1) is 6.92 Å². The Morgan fingerprint density at radius 2 is 1.53 bits per heavy atom. The Bertz CT molecular complexity index is 2390. The normalized spacial score (nSPS) is 13.9. The molecule has 1 aliphatic rings. The van der Waals surface area contributed by atoms with Gasteiger partial charge in [0.2, 0.25) is 0 Å². The number of amides is 3. The average Bonchev–Trinajstić information content (AvgIpc) is 3.80. The van der Waals surface area contributed by atoms with Crippen molar-refractivity contribution in [1.82, 2.24) is 25.7 Å². The fraction of sp³-hybridized carbons (Fsp3) is 0.0750. The number of aromatic amines is 2. The number of para-hydroxylation sites is 1. The van der Waals surface area contributed by atoms with Gasteiger partial charge in [0, 0.05) is 32.9 Å². The van der Waals surface area contributed by atoms with Gasteiger partial charge in [-0.25, -0.2) is 0 Å². The Morgan fingerprint density at radius 1 is 0.755 bits per heavy atom. The molecule has 7 aromatic rings. The number of aryl methyl sites for hydroxylation is 1. The van der Waals surface area contributed by atoms with Crippen LogP contribution in [0.3, 0.4) is 0 Å². The van der Waals surface area contributed by atoms with Gasteiger partial charge in [0.05, 0.1) is 11.7 Å². The zero-order chi connectivity index (χ0) is 33.5. The van der Waals surface area contributed by atoms with Crippen molar-refractivity contribution in [2.24, 2.45) is 0 Å². The fourth-order valence-electron chi connectivity index (χ4n) is 6.62. The van der Waals surface area contributed by atoms with Crippen molar-refractivity contribution in [3.05, 3.63) is 155 Å². The first-order valence-corrected chi connectivity index (χ1v) is 16.0. The van der Waals surface area contributed by atoms with E-state index < -0.39 is 17.9 Å². The fourth-order valence-corrected chi connectivity index (χ4v) is 6.62. The summed E-state index contributed by atoms with van der Waals surface area (Å²) in [6.45, 7) is 1.72. The molecule has 0 radical (unpaired) electrons. The molecule has 1 atom stereocenters. The van der Waals surface area contributed by atoms with Crippen LogP contribution in [0.1, 0.15) is 43.6 Å². The van der Waals surface area contributed by atoms with Crippen LogP contribution in [-0.4, -0.2) is 39.1 Å². The number of hydrogen-bond acceptors (Lipinski definition) is 4. The highest BCUT2D eigenvalue weighted by Gasteiger charge is 2.41. The van der Waals surface area contributed by atoms with Crippen LogP contribution in [0.25, 0.3) is 33.1 Å². The molecule has 0 spiro atoms. The van der Waals surface area contributed by atoms with Gasteiger partial charge in [0.15, 0.2) is 0 Å². The maximum absolute atomic E-state index is 13.9. The van der Waals surface area contributed by atoms with Gasteiger partial charge in [0.25, 0.3) is 17.7 Å². The summed E-state index contributed by atoms with van der Waals surface area (Å²) in [7, 11) is 0. The summed E-state index contributed by atoms with van der Waals surface area (Å²) in [6.07, 6.45) is 0. The first-order chi connectivity index (χ1) is 23.9. The molecule has 49 heavy (non-hydrogen) atoms. The number of carbonyl (C=O) groups excluding carboxylic acids is 3. The zero-order valence-electron chi connectivity index (χ0n) is 26.5. The van der Waals surface area contributed by atoms with Gasteiger partial charge in [-0.15, -0.1) is 0 Å². The van der Waals surface area contributed by atoms with E-state index in [0.29, 0.717) is 11.3 Å². The predicted molar refractivity (Wildman–Crippen MR) is 188 cm³/mol. The van der Waals surface area contributed by atoms with E-state index in [9.17, 15) is 14.4 Å². The van der Waals surface area contributed by atoms with Crippen LogP contribution >= 0.6 is 0 Å². The molecule has 0 bridgehead atoms. The van der Waals surface area contributed by atoms with Gasteiger partial charge in [-0.05, 0) is 72.1 Å². The molecule has 5 aromatic carbocycles. The van der Waals surface area contributed by atoms with E-state index in [1.165, 1.54) is 0 Å². The summed E-state index contributed by atoms with van der Waals surface area (Å²) in [5.74, 6) is 0.0321. The maximum atomic E-state index is 13.9. The molecule has 4 N–H and O–H groups in total. The van der Waals surface area contributed by atoms with Gasteiger partial charge in [-0.1, -0.05) is 78.9 Å². The summed E-state index contributed by atoms with van der Waals surface area (Å²) in [6, 6.07) is 39.7. The quantitative estimate of drug-likeness (QED) is 0.135. The van der Waals surface area contributed by atoms with Crippen LogP contribution < -0.4 is 15.6 Å². The van der Waals surface area contributed by atoms with E-state index in [2.05, 4.69) is 20.8 Å². The highest BCUT2D eigenvalue weighted by Crippen LogP contribution is 2.45. The minimum absolute atomic E-state index is 0.259. The molecule has 0 saturated heterocycles. The molecule has 0 aliphatic carbocycles. The average molecular weight is 646 g/mol. The summed E-state index contributed by atoms with van der Waals surface area (Å²) in [4.78, 5) is 48.6. The smallest absolute Gasteiger partial charge is 0.286 e. The number of carbonyl (C=O) groups is 3. The second-order valence-electron chi connectivity index (χ2n) is 12.1. The van der Waals surface area contributed by atoms with Crippen LogP contribution in [0.4, 0.5) is 0 Å². The molecule has 0 fully saturated rings. The molecule has 1 unspecified atom stereocenters. The molecule has 2 aromatic heterocycles. The zero-order valence-corrected chi connectivity index (χ0v) is 26.5. The number of H-pyrrole nitrogens is 2. The number of ether oxygens (including phenoxy) is 1. The number of aromatic nitrogens is 2. The molecule has 0 saturated carbocycles. The number of fused-ring (bicyclic) bond motifs is 3. The lowest BCUT2D eigenvalue weighted by atomic mass is 9.93. The molecule has 1 aliphatic heterocycles. The van der Waals surface area contributed by atoms with Crippen molar-refractivity contribution < 1.29 is 19.1 Å². The third kappa shape index (κ3) is 5.57. The topological polar surface area (TPSA) is 119 Å². The number of nitrogens with zero attached hydrogens (tertiary/aromatic N) is 1. The summed E-state index contributed by atoms with van der Waals surface area (Å²) < 4.78 is 6.00. The van der Waals surface area contributed by atoms with Gasteiger partial charge < -0.3 is 19.6 Å². The largest absolute Gasteiger partial charge is 0.457 e. The summed E-state index contributed by atoms with van der Waals surface area (Å²) in [5.41, 5.74) is 12.1. The van der Waals surface area contributed by atoms with Gasteiger partial charge in [-0.2, -0.15) is 0 Å². The molecule has 9 heteroatoms. The van der Waals surface area contributed by atoms with Crippen LogP contribution in [-0.2, 0) is 4.79 Å². The Hall–Kier alpha value is -6.61. The Kier molecular flexibility index (Phi) is 7.41. The number of hydrogen-bond donors (Lipinski definition) is 4. The van der Waals surface area contributed by atoms with Crippen LogP contribution in [0.2, 0.25) is 0 Å². The predicted octanol–water partition coefficient (Wildman–Crippen LogP) is 7.42. The number of benzene rings is 5. The lowest BCUT2D eigenvalue weighted by Crippen LogP contribution is -2.47. The molecule has 3 heterocycles. The SMILES string of the molecule is Cc1cccc(Oc2ccc3[nH]c(C(=O)NNC(=O)CN4C(=O)c5ccccc5C4c4c(-c5ccccc5)[nH]c5ccccc45)cc3c2)c1. The first kappa shape index (κ1) is 29.8. The molecule has 9 nitrogen and oxygen atoms in total. The molecule has 3 amide bonds. The molecule has 240 valence electrons. The maximum Gasteiger partial charge on any atom is 0.286 e. The lowest BCUT2D eigenvalue weighted by Gasteiger charge is -2.26. The van der Waals surface area contributed by atoms with Crippen molar-refractivity contribution in [2.45, 2.75) is 13.0 Å².